The van der Waals surface area contributed by atoms with E-state index in [2.05, 4.69) is 44.5 Å². The average molecular weight is 436 g/mol. The monoisotopic (exact) mass is 435 g/mol. The van der Waals surface area contributed by atoms with Gasteiger partial charge in [0.05, 0.1) is 11.2 Å². The standard InChI is InChI=1S/C26H25N7/c1-4-18-13-20(15-30-14-18)16(2)5-6-21(27)17(3)23(28)26-32-22-9-12-31-24(25(22)33-26)19-7-10-29-11-8-19/h5-15,28H,3-4,27H2,1-2H3,(H,32,33)/b16-5+,21-6+,28-23?. The third kappa shape index (κ3) is 4.62. The molecule has 4 rings (SSSR count). The molecular formula is C26H25N7. The molecule has 0 aliphatic carbocycles. The summed E-state index contributed by atoms with van der Waals surface area (Å²) < 4.78 is 0. The Morgan fingerprint density at radius 1 is 1.12 bits per heavy atom. The predicted octanol–water partition coefficient (Wildman–Crippen LogP) is 4.85. The van der Waals surface area contributed by atoms with Crippen molar-refractivity contribution in [2.45, 2.75) is 20.3 Å². The Kier molecular flexibility index (Phi) is 6.22. The molecule has 0 spiro atoms. The molecular weight excluding hydrogens is 410 g/mol. The third-order valence-corrected chi connectivity index (χ3v) is 5.41. The van der Waals surface area contributed by atoms with E-state index >= 15 is 0 Å². The van der Waals surface area contributed by atoms with Gasteiger partial charge in [0.1, 0.15) is 11.2 Å². The first-order chi connectivity index (χ1) is 16.0. The largest absolute Gasteiger partial charge is 0.398 e. The van der Waals surface area contributed by atoms with Crippen LogP contribution in [0, 0.1) is 5.41 Å². The number of hydrogen-bond acceptors (Lipinski definition) is 6. The van der Waals surface area contributed by atoms with E-state index in [0.717, 1.165) is 34.3 Å². The Balaban J connectivity index is 1.59. The molecule has 0 radical (unpaired) electrons. The van der Waals surface area contributed by atoms with Gasteiger partial charge in [0.25, 0.3) is 0 Å². The summed E-state index contributed by atoms with van der Waals surface area (Å²) in [6.45, 7) is 8.12. The van der Waals surface area contributed by atoms with Crippen LogP contribution in [0.5, 0.6) is 0 Å². The number of rotatable bonds is 7. The zero-order valence-corrected chi connectivity index (χ0v) is 18.6. The lowest BCUT2D eigenvalue weighted by Gasteiger charge is -2.06. The highest BCUT2D eigenvalue weighted by molar-refractivity contribution is 6.12. The molecule has 0 fully saturated rings. The van der Waals surface area contributed by atoms with Crippen molar-refractivity contribution in [3.63, 3.8) is 0 Å². The van der Waals surface area contributed by atoms with Gasteiger partial charge in [0.15, 0.2) is 5.82 Å². The number of aromatic nitrogens is 5. The third-order valence-electron chi connectivity index (χ3n) is 5.41. The molecule has 33 heavy (non-hydrogen) atoms. The zero-order valence-electron chi connectivity index (χ0n) is 18.6. The first-order valence-corrected chi connectivity index (χ1v) is 10.6. The second kappa shape index (κ2) is 9.40. The molecule has 4 N–H and O–H groups in total. The van der Waals surface area contributed by atoms with Gasteiger partial charge in [-0.2, -0.15) is 0 Å². The summed E-state index contributed by atoms with van der Waals surface area (Å²) in [5.41, 5.74) is 13.5. The summed E-state index contributed by atoms with van der Waals surface area (Å²) in [6.07, 6.45) is 13.4. The number of H-pyrrole nitrogens is 1. The molecule has 4 aromatic rings. The molecule has 7 nitrogen and oxygen atoms in total. The number of pyridine rings is 3. The lowest BCUT2D eigenvalue weighted by Crippen LogP contribution is -2.12. The summed E-state index contributed by atoms with van der Waals surface area (Å²) >= 11 is 0. The van der Waals surface area contributed by atoms with Crippen molar-refractivity contribution in [2.75, 3.05) is 0 Å². The summed E-state index contributed by atoms with van der Waals surface area (Å²) in [7, 11) is 0. The van der Waals surface area contributed by atoms with Crippen LogP contribution in [0.4, 0.5) is 0 Å². The van der Waals surface area contributed by atoms with Crippen molar-refractivity contribution in [1.82, 2.24) is 24.9 Å². The summed E-state index contributed by atoms with van der Waals surface area (Å²) in [5.74, 6) is 0.384. The molecule has 0 aliphatic rings. The van der Waals surface area contributed by atoms with Crippen molar-refractivity contribution in [2.24, 2.45) is 5.73 Å². The van der Waals surface area contributed by atoms with Gasteiger partial charge >= 0.3 is 0 Å². The van der Waals surface area contributed by atoms with E-state index < -0.39 is 0 Å². The molecule has 7 heteroatoms. The normalized spacial score (nSPS) is 12.2. The fraction of sp³-hybridized carbons (Fsp3) is 0.115. The van der Waals surface area contributed by atoms with Crippen LogP contribution >= 0.6 is 0 Å². The number of fused-ring (bicyclic) bond motifs is 1. The van der Waals surface area contributed by atoms with Crippen LogP contribution in [-0.4, -0.2) is 30.6 Å². The number of nitrogens with one attached hydrogen (secondary N) is 2. The molecule has 0 bridgehead atoms. The molecule has 0 atom stereocenters. The maximum absolute atomic E-state index is 8.60. The summed E-state index contributed by atoms with van der Waals surface area (Å²) in [6, 6.07) is 7.70. The van der Waals surface area contributed by atoms with Crippen LogP contribution in [0.3, 0.4) is 0 Å². The highest BCUT2D eigenvalue weighted by Gasteiger charge is 2.16. The van der Waals surface area contributed by atoms with Crippen LogP contribution < -0.4 is 5.73 Å². The Labute approximate surface area is 192 Å². The van der Waals surface area contributed by atoms with E-state index in [0.29, 0.717) is 22.6 Å². The first kappa shape index (κ1) is 21.8. The molecule has 4 aromatic heterocycles. The van der Waals surface area contributed by atoms with Gasteiger partial charge < -0.3 is 10.7 Å². The van der Waals surface area contributed by atoms with E-state index in [-0.39, 0.29) is 5.71 Å². The number of aromatic amines is 1. The molecule has 0 unspecified atom stereocenters. The highest BCUT2D eigenvalue weighted by Crippen LogP contribution is 2.25. The Hall–Kier alpha value is -4.39. The van der Waals surface area contributed by atoms with Gasteiger partial charge in [0.2, 0.25) is 0 Å². The Morgan fingerprint density at radius 2 is 1.91 bits per heavy atom. The number of imidazole rings is 1. The van der Waals surface area contributed by atoms with Crippen molar-refractivity contribution < 1.29 is 0 Å². The SMILES string of the molecule is C=C(C(=N)c1nc2c(-c3ccncc3)nccc2[nH]1)/C(N)=C\C=C(/C)c1cncc(CC)c1. The van der Waals surface area contributed by atoms with Crippen molar-refractivity contribution in [3.8, 4) is 11.3 Å². The van der Waals surface area contributed by atoms with Crippen LogP contribution in [0.25, 0.3) is 27.9 Å². The van der Waals surface area contributed by atoms with Gasteiger partial charge in [-0.15, -0.1) is 0 Å². The summed E-state index contributed by atoms with van der Waals surface area (Å²) in [5, 5.41) is 8.60. The van der Waals surface area contributed by atoms with Gasteiger partial charge in [-0.1, -0.05) is 19.6 Å². The fourth-order valence-corrected chi connectivity index (χ4v) is 3.37. The number of nitrogens with zero attached hydrogens (tertiary/aromatic N) is 4. The number of allylic oxidation sites excluding steroid dienone is 4. The van der Waals surface area contributed by atoms with E-state index in [1.165, 1.54) is 5.56 Å². The van der Waals surface area contributed by atoms with Crippen molar-refractivity contribution >= 4 is 22.3 Å². The maximum Gasteiger partial charge on any atom is 0.157 e. The van der Waals surface area contributed by atoms with Crippen molar-refractivity contribution in [3.05, 3.63) is 102 Å². The van der Waals surface area contributed by atoms with E-state index in [1.54, 1.807) is 24.7 Å². The molecule has 0 aromatic carbocycles. The van der Waals surface area contributed by atoms with E-state index in [1.807, 2.05) is 43.6 Å². The molecule has 0 amide bonds. The Bertz CT molecular complexity index is 1390. The van der Waals surface area contributed by atoms with Crippen LogP contribution in [-0.2, 0) is 6.42 Å². The van der Waals surface area contributed by atoms with Crippen LogP contribution in [0.15, 0.2) is 85.3 Å². The first-order valence-electron chi connectivity index (χ1n) is 10.6. The number of nitrogens with two attached hydrogens (primary N) is 1. The second-order valence-electron chi connectivity index (χ2n) is 7.64. The molecule has 0 saturated carbocycles. The van der Waals surface area contributed by atoms with E-state index in [4.69, 9.17) is 11.1 Å². The zero-order chi connectivity index (χ0) is 23.4. The minimum absolute atomic E-state index is 0.126. The number of aryl methyl sites for hydroxylation is 1. The van der Waals surface area contributed by atoms with Gasteiger partial charge in [-0.3, -0.25) is 20.4 Å². The predicted molar refractivity (Wildman–Crippen MR) is 133 cm³/mol. The minimum atomic E-state index is 0.126. The van der Waals surface area contributed by atoms with Crippen LogP contribution in [0.1, 0.15) is 30.8 Å². The van der Waals surface area contributed by atoms with Gasteiger partial charge in [0, 0.05) is 47.8 Å². The quantitative estimate of drug-likeness (QED) is 0.283. The topological polar surface area (TPSA) is 117 Å². The summed E-state index contributed by atoms with van der Waals surface area (Å²) in [4.78, 5) is 20.6. The second-order valence-corrected chi connectivity index (χ2v) is 7.64. The Morgan fingerprint density at radius 3 is 2.67 bits per heavy atom. The fourth-order valence-electron chi connectivity index (χ4n) is 3.37. The number of hydrogen-bond donors (Lipinski definition) is 3. The van der Waals surface area contributed by atoms with Gasteiger partial charge in [-0.05, 0) is 60.4 Å². The highest BCUT2D eigenvalue weighted by atomic mass is 15.0. The molecule has 164 valence electrons. The lowest BCUT2D eigenvalue weighted by molar-refractivity contribution is 1.10. The smallest absolute Gasteiger partial charge is 0.157 e. The van der Waals surface area contributed by atoms with Crippen LogP contribution in [0.2, 0.25) is 0 Å². The van der Waals surface area contributed by atoms with E-state index in [9.17, 15) is 0 Å². The van der Waals surface area contributed by atoms with Gasteiger partial charge in [-0.25, -0.2) is 4.98 Å². The maximum atomic E-state index is 8.60. The lowest BCUT2D eigenvalue weighted by atomic mass is 10.0. The molecule has 0 saturated heterocycles. The molecule has 4 heterocycles. The molecule has 0 aliphatic heterocycles. The average Bonchev–Trinajstić information content (AvgIpc) is 3.31. The van der Waals surface area contributed by atoms with Crippen molar-refractivity contribution in [1.29, 1.82) is 5.41 Å². The minimum Gasteiger partial charge on any atom is -0.398 e.